The van der Waals surface area contributed by atoms with E-state index in [0.29, 0.717) is 11.4 Å². The highest BCUT2D eigenvalue weighted by Gasteiger charge is 2.11. The van der Waals surface area contributed by atoms with E-state index in [-0.39, 0.29) is 11.9 Å². The average molecular weight is 219 g/mol. The van der Waals surface area contributed by atoms with Crippen molar-refractivity contribution in [2.45, 2.75) is 19.9 Å². The topological polar surface area (TPSA) is 60.1 Å². The van der Waals surface area contributed by atoms with Gasteiger partial charge in [0.1, 0.15) is 12.1 Å². The molecule has 0 saturated carbocycles. The lowest BCUT2D eigenvalue weighted by Crippen LogP contribution is -2.16. The van der Waals surface area contributed by atoms with Gasteiger partial charge in [-0.2, -0.15) is 5.10 Å². The number of hydrogen-bond donors (Lipinski definition) is 1. The quantitative estimate of drug-likeness (QED) is 0.861. The van der Waals surface area contributed by atoms with Gasteiger partial charge in [0.15, 0.2) is 0 Å². The second-order valence-electron chi connectivity index (χ2n) is 3.72. The van der Waals surface area contributed by atoms with Crippen molar-refractivity contribution in [2.24, 2.45) is 0 Å². The maximum Gasteiger partial charge on any atom is 0.260 e. The zero-order valence-corrected chi connectivity index (χ0v) is 9.18. The number of aromatic nitrogens is 2. The van der Waals surface area contributed by atoms with E-state index in [9.17, 15) is 4.79 Å². The van der Waals surface area contributed by atoms with Crippen LogP contribution in [0.3, 0.4) is 0 Å². The standard InChI is InChI=1S/C11H13N3O2/c1-8(2)14-10(3-5-12-14)13-11(15)9-4-6-16-7-9/h3-8H,1-2H3,(H,13,15). The van der Waals surface area contributed by atoms with Gasteiger partial charge in [-0.1, -0.05) is 0 Å². The van der Waals surface area contributed by atoms with Crippen molar-refractivity contribution >= 4 is 11.7 Å². The summed E-state index contributed by atoms with van der Waals surface area (Å²) in [4.78, 5) is 11.7. The Kier molecular flexibility index (Phi) is 2.76. The first-order chi connectivity index (χ1) is 7.68. The highest BCUT2D eigenvalue weighted by atomic mass is 16.3. The Morgan fingerprint density at radius 3 is 2.94 bits per heavy atom. The zero-order chi connectivity index (χ0) is 11.5. The van der Waals surface area contributed by atoms with Crippen molar-refractivity contribution < 1.29 is 9.21 Å². The number of nitrogens with one attached hydrogen (secondary N) is 1. The van der Waals surface area contributed by atoms with Crippen LogP contribution in [0.15, 0.2) is 35.3 Å². The third kappa shape index (κ3) is 1.98. The lowest BCUT2D eigenvalue weighted by Gasteiger charge is -2.10. The Hall–Kier alpha value is -2.04. The minimum atomic E-state index is -0.198. The second-order valence-corrected chi connectivity index (χ2v) is 3.72. The van der Waals surface area contributed by atoms with Crippen molar-refractivity contribution in [2.75, 3.05) is 5.32 Å². The van der Waals surface area contributed by atoms with Gasteiger partial charge in [-0.3, -0.25) is 4.79 Å². The molecule has 2 heterocycles. The van der Waals surface area contributed by atoms with Gasteiger partial charge in [-0.05, 0) is 19.9 Å². The van der Waals surface area contributed by atoms with Crippen LogP contribution in [0.2, 0.25) is 0 Å². The first kappa shape index (κ1) is 10.5. The molecule has 84 valence electrons. The lowest BCUT2D eigenvalue weighted by atomic mass is 10.3. The van der Waals surface area contributed by atoms with Crippen molar-refractivity contribution in [3.05, 3.63) is 36.4 Å². The Balaban J connectivity index is 2.15. The molecule has 16 heavy (non-hydrogen) atoms. The van der Waals surface area contributed by atoms with E-state index < -0.39 is 0 Å². The molecule has 0 spiro atoms. The zero-order valence-electron chi connectivity index (χ0n) is 9.18. The second kappa shape index (κ2) is 4.22. The predicted octanol–water partition coefficient (Wildman–Crippen LogP) is 2.31. The number of hydrogen-bond acceptors (Lipinski definition) is 3. The summed E-state index contributed by atoms with van der Waals surface area (Å²) in [5.41, 5.74) is 0.497. The fourth-order valence-electron chi connectivity index (χ4n) is 1.41. The summed E-state index contributed by atoms with van der Waals surface area (Å²) < 4.78 is 6.60. The van der Waals surface area contributed by atoms with Gasteiger partial charge in [0.05, 0.1) is 18.0 Å². The van der Waals surface area contributed by atoms with Gasteiger partial charge < -0.3 is 9.73 Å². The third-order valence-corrected chi connectivity index (χ3v) is 2.18. The third-order valence-electron chi connectivity index (χ3n) is 2.18. The molecule has 0 saturated heterocycles. The molecule has 0 fully saturated rings. The monoisotopic (exact) mass is 219 g/mol. The molecule has 0 bridgehead atoms. The molecule has 0 unspecified atom stereocenters. The smallest absolute Gasteiger partial charge is 0.260 e. The molecule has 2 aromatic heterocycles. The maximum absolute atomic E-state index is 11.7. The molecule has 5 nitrogen and oxygen atoms in total. The van der Waals surface area contributed by atoms with Gasteiger partial charge in [0, 0.05) is 12.1 Å². The van der Waals surface area contributed by atoms with E-state index in [2.05, 4.69) is 10.4 Å². The Bertz CT molecular complexity index is 471. The Labute approximate surface area is 93.1 Å². The first-order valence-electron chi connectivity index (χ1n) is 5.05. The van der Waals surface area contributed by atoms with E-state index in [4.69, 9.17) is 4.42 Å². The largest absolute Gasteiger partial charge is 0.472 e. The molecule has 2 aromatic rings. The highest BCUT2D eigenvalue weighted by molar-refractivity contribution is 6.03. The number of carbonyl (C=O) groups is 1. The van der Waals surface area contributed by atoms with E-state index >= 15 is 0 Å². The molecule has 1 N–H and O–H groups in total. The van der Waals surface area contributed by atoms with E-state index in [0.717, 1.165) is 0 Å². The molecule has 0 aliphatic carbocycles. The van der Waals surface area contributed by atoms with Gasteiger partial charge in [0.2, 0.25) is 0 Å². The fourth-order valence-corrected chi connectivity index (χ4v) is 1.41. The van der Waals surface area contributed by atoms with Crippen molar-refractivity contribution in [3.63, 3.8) is 0 Å². The highest BCUT2D eigenvalue weighted by Crippen LogP contribution is 2.14. The SMILES string of the molecule is CC(C)n1nccc1NC(=O)c1ccoc1. The summed E-state index contributed by atoms with van der Waals surface area (Å²) >= 11 is 0. The Morgan fingerprint density at radius 2 is 2.31 bits per heavy atom. The summed E-state index contributed by atoms with van der Waals surface area (Å²) in [6.45, 7) is 4.00. The minimum Gasteiger partial charge on any atom is -0.472 e. The van der Waals surface area contributed by atoms with Gasteiger partial charge in [0.25, 0.3) is 5.91 Å². The van der Waals surface area contributed by atoms with E-state index in [1.165, 1.54) is 12.5 Å². The summed E-state index contributed by atoms with van der Waals surface area (Å²) in [6, 6.07) is 3.58. The van der Waals surface area contributed by atoms with Crippen LogP contribution in [0.4, 0.5) is 5.82 Å². The van der Waals surface area contributed by atoms with Crippen LogP contribution in [-0.2, 0) is 0 Å². The van der Waals surface area contributed by atoms with Crippen LogP contribution in [0.1, 0.15) is 30.2 Å². The van der Waals surface area contributed by atoms with Crippen LogP contribution in [0, 0.1) is 0 Å². The maximum atomic E-state index is 11.7. The molecule has 0 aliphatic heterocycles. The van der Waals surface area contributed by atoms with Crippen LogP contribution in [0.25, 0.3) is 0 Å². The number of rotatable bonds is 3. The van der Waals surface area contributed by atoms with Crippen LogP contribution >= 0.6 is 0 Å². The van der Waals surface area contributed by atoms with Crippen LogP contribution < -0.4 is 5.32 Å². The summed E-state index contributed by atoms with van der Waals surface area (Å²) in [6.07, 6.45) is 4.53. The normalized spacial score (nSPS) is 10.7. The van der Waals surface area contributed by atoms with Crippen LogP contribution in [-0.4, -0.2) is 15.7 Å². The number of anilines is 1. The number of nitrogens with zero attached hydrogens (tertiary/aromatic N) is 2. The van der Waals surface area contributed by atoms with Gasteiger partial charge in [-0.15, -0.1) is 0 Å². The predicted molar refractivity (Wildman–Crippen MR) is 59.3 cm³/mol. The molecule has 5 heteroatoms. The number of carbonyl (C=O) groups excluding carboxylic acids is 1. The average Bonchev–Trinajstić information content (AvgIpc) is 2.86. The number of amides is 1. The summed E-state index contributed by atoms with van der Waals surface area (Å²) in [5, 5.41) is 6.90. The van der Waals surface area contributed by atoms with E-state index in [1.807, 2.05) is 13.8 Å². The van der Waals surface area contributed by atoms with E-state index in [1.54, 1.807) is 23.0 Å². The molecular weight excluding hydrogens is 206 g/mol. The fraction of sp³-hybridized carbons (Fsp3) is 0.273. The molecule has 0 aliphatic rings. The molecule has 0 radical (unpaired) electrons. The molecule has 2 rings (SSSR count). The number of furan rings is 1. The molecule has 0 atom stereocenters. The van der Waals surface area contributed by atoms with Gasteiger partial charge >= 0.3 is 0 Å². The molecule has 1 amide bonds. The van der Waals surface area contributed by atoms with Crippen molar-refractivity contribution in [3.8, 4) is 0 Å². The van der Waals surface area contributed by atoms with Gasteiger partial charge in [-0.25, -0.2) is 4.68 Å². The van der Waals surface area contributed by atoms with Crippen molar-refractivity contribution in [1.82, 2.24) is 9.78 Å². The summed E-state index contributed by atoms with van der Waals surface area (Å²) in [7, 11) is 0. The first-order valence-corrected chi connectivity index (χ1v) is 5.05. The molecular formula is C11H13N3O2. The lowest BCUT2D eigenvalue weighted by molar-refractivity contribution is 0.102. The molecule has 0 aromatic carbocycles. The van der Waals surface area contributed by atoms with Crippen molar-refractivity contribution in [1.29, 1.82) is 0 Å². The Morgan fingerprint density at radius 1 is 1.50 bits per heavy atom. The summed E-state index contributed by atoms with van der Waals surface area (Å²) in [5.74, 6) is 0.484. The minimum absolute atomic E-state index is 0.198. The van der Waals surface area contributed by atoms with Crippen LogP contribution in [0.5, 0.6) is 0 Å².